The van der Waals surface area contributed by atoms with Crippen molar-refractivity contribution in [2.24, 2.45) is 5.41 Å². The third kappa shape index (κ3) is 10.1. The number of nitrogens with one attached hydrogen (secondary N) is 2. The molecular formula is C44H50Cl2N8O6S. The van der Waals surface area contributed by atoms with E-state index in [1.807, 2.05) is 12.1 Å². The van der Waals surface area contributed by atoms with Crippen molar-refractivity contribution in [2.45, 2.75) is 69.4 Å². The summed E-state index contributed by atoms with van der Waals surface area (Å²) < 4.78 is 35.6. The van der Waals surface area contributed by atoms with Gasteiger partial charge in [0, 0.05) is 86.8 Å². The number of hydrogen-bond donors (Lipinski definition) is 3. The fourth-order valence-electron chi connectivity index (χ4n) is 8.58. The second kappa shape index (κ2) is 17.4. The minimum atomic E-state index is -4.57. The average molecular weight is 890 g/mol. The lowest BCUT2D eigenvalue weighted by atomic mass is 9.72. The lowest BCUT2D eigenvalue weighted by Gasteiger charge is -2.39. The molecule has 3 fully saturated rings. The lowest BCUT2D eigenvalue weighted by Crippen LogP contribution is -2.47. The molecule has 322 valence electrons. The number of hydrogen-bond acceptors (Lipinski definition) is 12. The van der Waals surface area contributed by atoms with Crippen LogP contribution >= 0.6 is 23.2 Å². The molecule has 1 aromatic heterocycles. The van der Waals surface area contributed by atoms with Crippen LogP contribution in [-0.4, -0.2) is 91.9 Å². The number of amides is 1. The fourth-order valence-corrected chi connectivity index (χ4v) is 9.84. The van der Waals surface area contributed by atoms with Gasteiger partial charge in [-0.15, -0.1) is 0 Å². The maximum atomic E-state index is 13.9. The number of nitrogens with zero attached hydrogens (tertiary/aromatic N) is 5. The van der Waals surface area contributed by atoms with Crippen molar-refractivity contribution < 1.29 is 22.9 Å². The first-order chi connectivity index (χ1) is 29.1. The Bertz CT molecular complexity index is 2470. The van der Waals surface area contributed by atoms with Crippen molar-refractivity contribution in [3.8, 4) is 11.5 Å². The molecule has 4 N–H and O–H groups in total. The number of rotatable bonds is 13. The number of nitrogens with two attached hydrogens (primary N) is 1. The van der Waals surface area contributed by atoms with Crippen LogP contribution in [-0.2, 0) is 10.0 Å². The van der Waals surface area contributed by atoms with E-state index in [1.54, 1.807) is 12.1 Å². The molecule has 1 amide bonds. The topological polar surface area (TPSA) is 176 Å². The number of carbonyl (C=O) groups excluding carboxylic acids is 1. The van der Waals surface area contributed by atoms with Gasteiger partial charge in [0.05, 0.1) is 26.6 Å². The highest BCUT2D eigenvalue weighted by atomic mass is 35.5. The number of aromatic nitrogens is 1. The summed E-state index contributed by atoms with van der Waals surface area (Å²) in [5.41, 5.74) is 10.6. The second-order valence-electron chi connectivity index (χ2n) is 17.2. The predicted octanol–water partition coefficient (Wildman–Crippen LogP) is 8.22. The predicted molar refractivity (Wildman–Crippen MR) is 239 cm³/mol. The van der Waals surface area contributed by atoms with Crippen molar-refractivity contribution in [3.05, 3.63) is 110 Å². The molecule has 4 aromatic rings. The summed E-state index contributed by atoms with van der Waals surface area (Å²) in [5.74, 6) is -0.659. The van der Waals surface area contributed by atoms with Gasteiger partial charge in [-0.25, -0.2) is 18.1 Å². The number of anilines is 3. The van der Waals surface area contributed by atoms with Crippen LogP contribution in [0.4, 0.5) is 22.9 Å². The van der Waals surface area contributed by atoms with E-state index >= 15 is 0 Å². The van der Waals surface area contributed by atoms with Gasteiger partial charge in [-0.3, -0.25) is 24.7 Å². The van der Waals surface area contributed by atoms with Crippen LogP contribution in [0.2, 0.25) is 10.0 Å². The summed E-state index contributed by atoms with van der Waals surface area (Å²) in [6.45, 7) is 10.2. The first kappa shape index (κ1) is 42.7. The first-order valence-electron chi connectivity index (χ1n) is 20.6. The molecule has 17 heteroatoms. The second-order valence-corrected chi connectivity index (χ2v) is 19.8. The molecule has 61 heavy (non-hydrogen) atoms. The Morgan fingerprint density at radius 1 is 1.00 bits per heavy atom. The summed E-state index contributed by atoms with van der Waals surface area (Å²) in [7, 11) is -4.57. The smallest absolute Gasteiger partial charge is 0.293 e. The number of nitro benzene ring substituents is 1. The maximum Gasteiger partial charge on any atom is 0.293 e. The number of ether oxygens (including phenoxy) is 1. The number of benzene rings is 3. The van der Waals surface area contributed by atoms with Gasteiger partial charge in [-0.1, -0.05) is 54.8 Å². The third-order valence-electron chi connectivity index (χ3n) is 12.2. The van der Waals surface area contributed by atoms with Crippen LogP contribution < -0.4 is 25.4 Å². The first-order valence-corrected chi connectivity index (χ1v) is 22.9. The highest BCUT2D eigenvalue weighted by molar-refractivity contribution is 7.90. The zero-order valence-electron chi connectivity index (χ0n) is 34.2. The van der Waals surface area contributed by atoms with Gasteiger partial charge < -0.3 is 20.7 Å². The van der Waals surface area contributed by atoms with E-state index in [0.717, 1.165) is 75.2 Å². The lowest BCUT2D eigenvalue weighted by molar-refractivity contribution is -0.384. The zero-order valence-corrected chi connectivity index (χ0v) is 36.5. The number of piperazine rings is 1. The molecule has 2 aliphatic carbocycles. The molecule has 0 spiro atoms. The van der Waals surface area contributed by atoms with Crippen molar-refractivity contribution in [2.75, 3.05) is 61.8 Å². The molecule has 3 aromatic carbocycles. The monoisotopic (exact) mass is 888 g/mol. The molecule has 14 nitrogen and oxygen atoms in total. The van der Waals surface area contributed by atoms with Gasteiger partial charge >= 0.3 is 0 Å². The average Bonchev–Trinajstić information content (AvgIpc) is 3.98. The molecule has 1 saturated carbocycles. The molecule has 4 aliphatic rings. The van der Waals surface area contributed by atoms with Gasteiger partial charge in [0.2, 0.25) is 0 Å². The standard InChI is InChI=1S/C44H50Cl2N8O6S/c1-44(2)15-13-29(37(24-44)28-3-5-30(45)6-4-28)26-51-17-19-52(20-18-51)33-9-11-36(41(21-33)60-34-22-38(46)42(47)48-25-34)43(55)50-61(58,59)35-10-12-39(40(23-35)54(56)57)49-31-14-16-53(27-31)32-7-8-32/h3-6,9-12,21-23,25,31-32,49H,7-8,13-20,24,26-27H2,1-2H3,(H2,47,48)(H,50,55)/t31-/m1/s1. The number of nitrogen functional groups attached to an aromatic ring is 1. The van der Waals surface area contributed by atoms with Crippen LogP contribution in [0.15, 0.2) is 83.4 Å². The molecule has 2 saturated heterocycles. The molecule has 0 radical (unpaired) electrons. The Hall–Kier alpha value is -4.93. The number of halogens is 2. The Morgan fingerprint density at radius 2 is 1.75 bits per heavy atom. The van der Waals surface area contributed by atoms with Gasteiger partial charge in [-0.2, -0.15) is 0 Å². The number of sulfonamides is 1. The van der Waals surface area contributed by atoms with Crippen molar-refractivity contribution in [1.29, 1.82) is 0 Å². The summed E-state index contributed by atoms with van der Waals surface area (Å²) in [6, 6.07) is 18.7. The number of pyridine rings is 1. The Labute approximate surface area is 366 Å². The molecular weight excluding hydrogens is 840 g/mol. The van der Waals surface area contributed by atoms with Crippen molar-refractivity contribution in [3.63, 3.8) is 0 Å². The number of nitro groups is 1. The quantitative estimate of drug-likeness (QED) is 0.0868. The van der Waals surface area contributed by atoms with E-state index in [9.17, 15) is 23.3 Å². The van der Waals surface area contributed by atoms with Gasteiger partial charge in [0.25, 0.3) is 21.6 Å². The normalized spacial score (nSPS) is 19.8. The Morgan fingerprint density at radius 3 is 2.46 bits per heavy atom. The number of carbonyl (C=O) groups is 1. The van der Waals surface area contributed by atoms with E-state index in [0.29, 0.717) is 19.1 Å². The fraction of sp³-hybridized carbons (Fsp3) is 0.409. The maximum absolute atomic E-state index is 13.9. The number of allylic oxidation sites excluding steroid dienone is 1. The Kier molecular flexibility index (Phi) is 12.2. The van der Waals surface area contributed by atoms with E-state index in [4.69, 9.17) is 33.7 Å². The van der Waals surface area contributed by atoms with Crippen LogP contribution in [0, 0.1) is 15.5 Å². The highest BCUT2D eigenvalue weighted by Crippen LogP contribution is 2.44. The minimum Gasteiger partial charge on any atom is -0.455 e. The highest BCUT2D eigenvalue weighted by Gasteiger charge is 2.35. The summed E-state index contributed by atoms with van der Waals surface area (Å²) >= 11 is 12.5. The van der Waals surface area contributed by atoms with Crippen LogP contribution in [0.25, 0.3) is 5.57 Å². The van der Waals surface area contributed by atoms with Crippen LogP contribution in [0.5, 0.6) is 11.5 Å². The minimum absolute atomic E-state index is 0.00105. The SMILES string of the molecule is CC1(C)CCC(CN2CCN(c3ccc(C(=O)NS(=O)(=O)c4ccc(N[C@@H]5CCN(C6CC6)C5)c([N+](=O)[O-])c4)c(Oc4cnc(N)c(Cl)c4)c3)CC2)=C(c2ccc(Cl)cc2)C1. The van der Waals surface area contributed by atoms with E-state index in [-0.39, 0.29) is 45.0 Å². The van der Waals surface area contributed by atoms with E-state index in [2.05, 4.69) is 55.7 Å². The largest absolute Gasteiger partial charge is 0.455 e. The molecule has 0 bridgehead atoms. The van der Waals surface area contributed by atoms with Crippen LogP contribution in [0.1, 0.15) is 68.3 Å². The van der Waals surface area contributed by atoms with Crippen molar-refractivity contribution in [1.82, 2.24) is 19.5 Å². The summed E-state index contributed by atoms with van der Waals surface area (Å²) in [5, 5.41) is 16.3. The van der Waals surface area contributed by atoms with Gasteiger partial charge in [0.15, 0.2) is 0 Å². The third-order valence-corrected chi connectivity index (χ3v) is 14.0. The van der Waals surface area contributed by atoms with Gasteiger partial charge in [-0.05, 0) is 91.5 Å². The molecule has 2 aliphatic heterocycles. The number of likely N-dealkylation sites (tertiary alicyclic amines) is 1. The Balaban J connectivity index is 0.991. The zero-order chi connectivity index (χ0) is 43.1. The molecule has 8 rings (SSSR count). The van der Waals surface area contributed by atoms with E-state index in [1.165, 1.54) is 60.0 Å². The van der Waals surface area contributed by atoms with E-state index < -0.39 is 31.4 Å². The van der Waals surface area contributed by atoms with Crippen molar-refractivity contribution >= 4 is 67.6 Å². The van der Waals surface area contributed by atoms with Gasteiger partial charge in [0.1, 0.15) is 23.0 Å². The molecule has 1 atom stereocenters. The summed E-state index contributed by atoms with van der Waals surface area (Å²) in [4.78, 5) is 36.1. The van der Waals surface area contributed by atoms with Crippen LogP contribution in [0.3, 0.4) is 0 Å². The molecule has 3 heterocycles. The molecule has 0 unspecified atom stereocenters. The summed E-state index contributed by atoms with van der Waals surface area (Å²) in [6.07, 6.45) is 7.68.